The SMILES string of the molecule is C[C@H](CCC(=O)NC(F)(F)F)[C@H]1CC[C@H]2[C@@H]3CCC4CC(Oc5ccc(N)cc5N)CC[C@]4(C)[C@H]3CC[C@]12C. The molecule has 0 spiro atoms. The van der Waals surface area contributed by atoms with Crippen molar-refractivity contribution in [3.05, 3.63) is 18.2 Å². The van der Waals surface area contributed by atoms with Crippen LogP contribution < -0.4 is 21.5 Å². The number of hydrogen-bond acceptors (Lipinski definition) is 4. The molecule has 4 saturated carbocycles. The number of amides is 1. The van der Waals surface area contributed by atoms with Crippen LogP contribution in [-0.2, 0) is 4.79 Å². The molecule has 4 aliphatic carbocycles. The fraction of sp³-hybridized carbons (Fsp3) is 0.774. The summed E-state index contributed by atoms with van der Waals surface area (Å²) in [5.41, 5.74) is 13.8. The Labute approximate surface area is 231 Å². The van der Waals surface area contributed by atoms with Gasteiger partial charge < -0.3 is 16.2 Å². The van der Waals surface area contributed by atoms with Crippen LogP contribution in [0, 0.1) is 46.3 Å². The number of anilines is 2. The second-order valence-corrected chi connectivity index (χ2v) is 13.8. The van der Waals surface area contributed by atoms with Crippen LogP contribution in [0.3, 0.4) is 0 Å². The smallest absolute Gasteiger partial charge is 0.484 e. The maximum absolute atomic E-state index is 12.5. The highest BCUT2D eigenvalue weighted by atomic mass is 19.4. The molecular formula is C31H46F3N3O2. The topological polar surface area (TPSA) is 90.4 Å². The zero-order chi connectivity index (χ0) is 28.2. The van der Waals surface area contributed by atoms with Crippen molar-refractivity contribution in [2.24, 2.45) is 46.3 Å². The molecule has 5 N–H and O–H groups in total. The first-order valence-electron chi connectivity index (χ1n) is 15.0. The first-order chi connectivity index (χ1) is 18.3. The van der Waals surface area contributed by atoms with E-state index < -0.39 is 12.2 Å². The number of halogens is 3. The minimum atomic E-state index is -4.65. The van der Waals surface area contributed by atoms with E-state index in [0.29, 0.717) is 41.0 Å². The van der Waals surface area contributed by atoms with Crippen molar-refractivity contribution in [3.63, 3.8) is 0 Å². The lowest BCUT2D eigenvalue weighted by Crippen LogP contribution is -2.54. The Morgan fingerprint density at radius 3 is 2.49 bits per heavy atom. The lowest BCUT2D eigenvalue weighted by molar-refractivity contribution is -0.170. The van der Waals surface area contributed by atoms with Crippen LogP contribution in [0.1, 0.15) is 91.4 Å². The minimum Gasteiger partial charge on any atom is -0.488 e. The van der Waals surface area contributed by atoms with Crippen LogP contribution in [0.25, 0.3) is 0 Å². The Hall–Kier alpha value is -2.12. The van der Waals surface area contributed by atoms with Crippen molar-refractivity contribution in [1.29, 1.82) is 0 Å². The van der Waals surface area contributed by atoms with E-state index in [0.717, 1.165) is 42.2 Å². The van der Waals surface area contributed by atoms with Crippen LogP contribution in [0.15, 0.2) is 18.2 Å². The van der Waals surface area contributed by atoms with Gasteiger partial charge >= 0.3 is 6.30 Å². The second kappa shape index (κ2) is 10.4. The summed E-state index contributed by atoms with van der Waals surface area (Å²) in [6.45, 7) is 7.14. The van der Waals surface area contributed by atoms with Gasteiger partial charge in [-0.05, 0) is 129 Å². The highest BCUT2D eigenvalue weighted by Crippen LogP contribution is 2.68. The van der Waals surface area contributed by atoms with Gasteiger partial charge in [0, 0.05) is 12.1 Å². The Morgan fingerprint density at radius 1 is 1.05 bits per heavy atom. The molecule has 1 amide bonds. The van der Waals surface area contributed by atoms with E-state index in [1.54, 1.807) is 6.07 Å². The molecule has 4 aliphatic rings. The van der Waals surface area contributed by atoms with E-state index in [4.69, 9.17) is 16.2 Å². The highest BCUT2D eigenvalue weighted by Gasteiger charge is 2.60. The Morgan fingerprint density at radius 2 is 1.77 bits per heavy atom. The average Bonchev–Trinajstić information content (AvgIpc) is 3.21. The number of benzene rings is 1. The van der Waals surface area contributed by atoms with E-state index in [1.165, 1.54) is 38.5 Å². The average molecular weight is 550 g/mol. The molecule has 0 aliphatic heterocycles. The van der Waals surface area contributed by atoms with Gasteiger partial charge in [0.05, 0.1) is 11.8 Å². The van der Waals surface area contributed by atoms with Crippen LogP contribution >= 0.6 is 0 Å². The molecule has 0 radical (unpaired) electrons. The molecule has 9 atom stereocenters. The number of nitrogens with two attached hydrogens (primary N) is 2. The Bertz CT molecular complexity index is 1060. The quantitative estimate of drug-likeness (QED) is 0.256. The van der Waals surface area contributed by atoms with Crippen molar-refractivity contribution in [2.75, 3.05) is 11.5 Å². The number of fused-ring (bicyclic) bond motifs is 5. The van der Waals surface area contributed by atoms with Gasteiger partial charge in [0.25, 0.3) is 0 Å². The molecule has 0 heterocycles. The van der Waals surface area contributed by atoms with Crippen molar-refractivity contribution in [2.45, 2.75) is 104 Å². The van der Waals surface area contributed by atoms with Gasteiger partial charge in [-0.2, -0.15) is 13.2 Å². The number of hydrogen-bond donors (Lipinski definition) is 3. The fourth-order valence-electron chi connectivity index (χ4n) is 9.94. The first-order valence-corrected chi connectivity index (χ1v) is 15.0. The third-order valence-electron chi connectivity index (χ3n) is 11.8. The van der Waals surface area contributed by atoms with E-state index >= 15 is 0 Å². The predicted octanol–water partition coefficient (Wildman–Crippen LogP) is 7.31. The number of nitrogen functional groups attached to an aromatic ring is 2. The van der Waals surface area contributed by atoms with Crippen LogP contribution in [0.5, 0.6) is 5.75 Å². The number of carbonyl (C=O) groups is 1. The van der Waals surface area contributed by atoms with Gasteiger partial charge in [0.1, 0.15) is 5.75 Å². The summed E-state index contributed by atoms with van der Waals surface area (Å²) >= 11 is 0. The number of carbonyl (C=O) groups excluding carboxylic acids is 1. The molecule has 1 aromatic carbocycles. The van der Waals surface area contributed by atoms with Gasteiger partial charge in [0.15, 0.2) is 0 Å². The minimum absolute atomic E-state index is 0.0605. The molecule has 218 valence electrons. The number of rotatable bonds is 6. The predicted molar refractivity (Wildman–Crippen MR) is 147 cm³/mol. The first kappa shape index (κ1) is 28.4. The summed E-state index contributed by atoms with van der Waals surface area (Å²) in [4.78, 5) is 11.8. The van der Waals surface area contributed by atoms with E-state index in [1.807, 2.05) is 12.1 Å². The van der Waals surface area contributed by atoms with Gasteiger partial charge in [-0.15, -0.1) is 0 Å². The van der Waals surface area contributed by atoms with Crippen molar-refractivity contribution in [1.82, 2.24) is 5.32 Å². The van der Waals surface area contributed by atoms with E-state index in [-0.39, 0.29) is 23.9 Å². The van der Waals surface area contributed by atoms with Crippen LogP contribution in [0.2, 0.25) is 0 Å². The van der Waals surface area contributed by atoms with Crippen LogP contribution in [0.4, 0.5) is 24.5 Å². The lowest BCUT2D eigenvalue weighted by Gasteiger charge is -2.61. The largest absolute Gasteiger partial charge is 0.488 e. The Balaban J connectivity index is 1.21. The maximum atomic E-state index is 12.5. The molecule has 5 rings (SSSR count). The molecule has 5 nitrogen and oxygen atoms in total. The number of nitrogens with one attached hydrogen (secondary N) is 1. The van der Waals surface area contributed by atoms with Gasteiger partial charge in [-0.25, -0.2) is 0 Å². The second-order valence-electron chi connectivity index (χ2n) is 13.8. The fourth-order valence-corrected chi connectivity index (χ4v) is 9.94. The molecule has 0 bridgehead atoms. The molecule has 4 fully saturated rings. The summed E-state index contributed by atoms with van der Waals surface area (Å²) < 4.78 is 44.0. The zero-order valence-corrected chi connectivity index (χ0v) is 23.7. The summed E-state index contributed by atoms with van der Waals surface area (Å²) in [6, 6.07) is 5.49. The monoisotopic (exact) mass is 549 g/mol. The molecule has 39 heavy (non-hydrogen) atoms. The zero-order valence-electron chi connectivity index (χ0n) is 23.7. The summed E-state index contributed by atoms with van der Waals surface area (Å²) in [5, 5.41) is 1.16. The normalized spacial score (nSPS) is 38.7. The van der Waals surface area contributed by atoms with Gasteiger partial charge in [-0.1, -0.05) is 20.8 Å². The summed E-state index contributed by atoms with van der Waals surface area (Å²) in [5.74, 6) is 3.32. The van der Waals surface area contributed by atoms with Crippen molar-refractivity contribution in [3.8, 4) is 5.75 Å². The molecule has 0 aromatic heterocycles. The lowest BCUT2D eigenvalue weighted by atomic mass is 9.44. The maximum Gasteiger partial charge on any atom is 0.484 e. The third kappa shape index (κ3) is 5.46. The van der Waals surface area contributed by atoms with Crippen molar-refractivity contribution < 1.29 is 22.7 Å². The standard InChI is InChI=1S/C31H46F3N3O2/c1-18(4-11-28(38)37-31(32,33)34)23-8-9-24-22-7-5-19-16-21(39-27-10-6-20(35)17-26(27)36)12-14-29(19,2)25(22)13-15-30(23,24)3/h6,10,17-19,21-25H,4-5,7-9,11-16,35-36H2,1-3H3,(H,37,38)/t18-,19?,21?,22+,23-,24+,25+,29+,30-/m1/s1. The molecule has 8 heteroatoms. The van der Waals surface area contributed by atoms with Crippen molar-refractivity contribution >= 4 is 17.3 Å². The highest BCUT2D eigenvalue weighted by molar-refractivity contribution is 5.76. The molecular weight excluding hydrogens is 503 g/mol. The molecule has 1 aromatic rings. The van der Waals surface area contributed by atoms with Crippen LogP contribution in [-0.4, -0.2) is 18.3 Å². The summed E-state index contributed by atoms with van der Waals surface area (Å²) in [6.07, 6.45) is 6.55. The number of ether oxygens (including phenoxy) is 1. The van der Waals surface area contributed by atoms with E-state index in [2.05, 4.69) is 20.8 Å². The number of alkyl halides is 3. The Kier molecular flexibility index (Phi) is 7.55. The molecule has 0 saturated heterocycles. The summed E-state index contributed by atoms with van der Waals surface area (Å²) in [7, 11) is 0. The van der Waals surface area contributed by atoms with Gasteiger partial charge in [0.2, 0.25) is 5.91 Å². The van der Waals surface area contributed by atoms with Gasteiger partial charge in [-0.3, -0.25) is 10.1 Å². The molecule has 2 unspecified atom stereocenters. The third-order valence-corrected chi connectivity index (χ3v) is 11.8. The van der Waals surface area contributed by atoms with E-state index in [9.17, 15) is 18.0 Å².